The molecule has 0 aliphatic heterocycles. The lowest BCUT2D eigenvalue weighted by molar-refractivity contribution is 0.581. The Kier molecular flexibility index (Phi) is 5.34. The number of rotatable bonds is 6. The third kappa shape index (κ3) is 4.39. The molecule has 7 heteroatoms. The van der Waals surface area contributed by atoms with Gasteiger partial charge in [-0.15, -0.1) is 0 Å². The first-order valence-electron chi connectivity index (χ1n) is 8.31. The number of anilines is 1. The van der Waals surface area contributed by atoms with Crippen molar-refractivity contribution in [3.8, 4) is 11.1 Å². The molecule has 0 aliphatic rings. The fourth-order valence-corrected chi connectivity index (χ4v) is 3.69. The number of sulfonamides is 1. The van der Waals surface area contributed by atoms with Gasteiger partial charge in [-0.1, -0.05) is 24.3 Å². The second kappa shape index (κ2) is 7.69. The summed E-state index contributed by atoms with van der Waals surface area (Å²) in [6.07, 6.45) is 3.24. The SMILES string of the molecule is CC(=N)c1ccc(-c2ccc(S(=O)(=O)NCc3ccncc3)cc2)cc1N. The van der Waals surface area contributed by atoms with Gasteiger partial charge in [0.05, 0.1) is 4.90 Å². The highest BCUT2D eigenvalue weighted by molar-refractivity contribution is 7.89. The third-order valence-corrected chi connectivity index (χ3v) is 5.59. The normalized spacial score (nSPS) is 11.3. The first kappa shape index (κ1) is 18.8. The highest BCUT2D eigenvalue weighted by atomic mass is 32.2. The average Bonchev–Trinajstić information content (AvgIpc) is 2.67. The highest BCUT2D eigenvalue weighted by Gasteiger charge is 2.14. The predicted octanol–water partition coefficient (Wildman–Crippen LogP) is 3.20. The summed E-state index contributed by atoms with van der Waals surface area (Å²) in [6, 6.07) is 15.6. The standard InChI is InChI=1S/C20H20N4O2S/c1-14(21)19-7-4-17(12-20(19)22)16-2-5-18(6-3-16)27(25,26)24-13-15-8-10-23-11-9-15/h2-12,21,24H,13,22H2,1H3. The summed E-state index contributed by atoms with van der Waals surface area (Å²) in [7, 11) is -3.61. The van der Waals surface area contributed by atoms with Crippen molar-refractivity contribution in [1.82, 2.24) is 9.71 Å². The maximum absolute atomic E-state index is 12.5. The van der Waals surface area contributed by atoms with E-state index in [2.05, 4.69) is 9.71 Å². The van der Waals surface area contributed by atoms with Crippen LogP contribution in [-0.2, 0) is 16.6 Å². The van der Waals surface area contributed by atoms with E-state index in [1.807, 2.05) is 6.07 Å². The van der Waals surface area contributed by atoms with E-state index in [0.29, 0.717) is 17.0 Å². The van der Waals surface area contributed by atoms with E-state index in [-0.39, 0.29) is 11.4 Å². The van der Waals surface area contributed by atoms with Crippen LogP contribution < -0.4 is 10.5 Å². The number of hydrogen-bond donors (Lipinski definition) is 3. The molecule has 138 valence electrons. The average molecular weight is 380 g/mol. The van der Waals surface area contributed by atoms with Crippen molar-refractivity contribution >= 4 is 21.4 Å². The molecule has 0 unspecified atom stereocenters. The first-order chi connectivity index (χ1) is 12.9. The Morgan fingerprint density at radius 3 is 2.26 bits per heavy atom. The number of hydrogen-bond acceptors (Lipinski definition) is 5. The zero-order chi connectivity index (χ0) is 19.4. The number of nitrogens with one attached hydrogen (secondary N) is 2. The number of benzene rings is 2. The van der Waals surface area contributed by atoms with E-state index in [1.165, 1.54) is 0 Å². The molecule has 27 heavy (non-hydrogen) atoms. The van der Waals surface area contributed by atoms with Gasteiger partial charge in [0.2, 0.25) is 10.0 Å². The van der Waals surface area contributed by atoms with E-state index in [4.69, 9.17) is 11.1 Å². The molecule has 4 N–H and O–H groups in total. The van der Waals surface area contributed by atoms with Crippen molar-refractivity contribution in [2.24, 2.45) is 0 Å². The van der Waals surface area contributed by atoms with Gasteiger partial charge in [0.1, 0.15) is 0 Å². The maximum Gasteiger partial charge on any atom is 0.240 e. The van der Waals surface area contributed by atoms with Gasteiger partial charge in [0, 0.05) is 35.9 Å². The minimum atomic E-state index is -3.61. The van der Waals surface area contributed by atoms with Gasteiger partial charge in [-0.25, -0.2) is 13.1 Å². The van der Waals surface area contributed by atoms with Crippen molar-refractivity contribution in [3.05, 3.63) is 78.1 Å². The molecule has 0 radical (unpaired) electrons. The summed E-state index contributed by atoms with van der Waals surface area (Å²) < 4.78 is 27.5. The minimum Gasteiger partial charge on any atom is -0.398 e. The molecule has 2 aromatic carbocycles. The van der Waals surface area contributed by atoms with E-state index >= 15 is 0 Å². The molecule has 0 saturated heterocycles. The van der Waals surface area contributed by atoms with Crippen LogP contribution in [0.15, 0.2) is 71.9 Å². The smallest absolute Gasteiger partial charge is 0.240 e. The molecule has 0 amide bonds. The molecule has 6 nitrogen and oxygen atoms in total. The molecule has 0 atom stereocenters. The zero-order valence-corrected chi connectivity index (χ0v) is 15.6. The Labute approximate surface area is 158 Å². The number of nitrogens with zero attached hydrogens (tertiary/aromatic N) is 1. The topological polar surface area (TPSA) is 109 Å². The summed E-state index contributed by atoms with van der Waals surface area (Å²) in [5.41, 5.74) is 10.2. The van der Waals surface area contributed by atoms with Crippen LogP contribution >= 0.6 is 0 Å². The highest BCUT2D eigenvalue weighted by Crippen LogP contribution is 2.25. The minimum absolute atomic E-state index is 0.195. The van der Waals surface area contributed by atoms with Crippen molar-refractivity contribution in [1.29, 1.82) is 5.41 Å². The van der Waals surface area contributed by atoms with E-state index in [0.717, 1.165) is 16.7 Å². The van der Waals surface area contributed by atoms with Gasteiger partial charge in [-0.2, -0.15) is 0 Å². The van der Waals surface area contributed by atoms with Crippen LogP contribution in [0.2, 0.25) is 0 Å². The zero-order valence-electron chi connectivity index (χ0n) is 14.8. The molecule has 0 saturated carbocycles. The Hall–Kier alpha value is -3.03. The molecule has 3 aromatic rings. The van der Waals surface area contributed by atoms with Crippen LogP contribution in [0.3, 0.4) is 0 Å². The Morgan fingerprint density at radius 1 is 1.04 bits per heavy atom. The molecule has 0 aliphatic carbocycles. The Balaban J connectivity index is 1.78. The van der Waals surface area contributed by atoms with Gasteiger partial charge in [-0.05, 0) is 53.9 Å². The predicted molar refractivity (Wildman–Crippen MR) is 107 cm³/mol. The van der Waals surface area contributed by atoms with Crippen LogP contribution in [0.25, 0.3) is 11.1 Å². The second-order valence-electron chi connectivity index (χ2n) is 6.13. The number of aromatic nitrogens is 1. The van der Waals surface area contributed by atoms with Crippen LogP contribution in [0, 0.1) is 5.41 Å². The summed E-state index contributed by atoms with van der Waals surface area (Å²) in [4.78, 5) is 4.10. The van der Waals surface area contributed by atoms with Gasteiger partial charge >= 0.3 is 0 Å². The summed E-state index contributed by atoms with van der Waals surface area (Å²) in [5.74, 6) is 0. The van der Waals surface area contributed by atoms with Crippen molar-refractivity contribution in [3.63, 3.8) is 0 Å². The van der Waals surface area contributed by atoms with E-state index in [1.54, 1.807) is 67.8 Å². The molecule has 0 bridgehead atoms. The van der Waals surface area contributed by atoms with Crippen LogP contribution in [0.5, 0.6) is 0 Å². The van der Waals surface area contributed by atoms with E-state index in [9.17, 15) is 8.42 Å². The maximum atomic E-state index is 12.5. The quantitative estimate of drug-likeness (QED) is 0.451. The largest absolute Gasteiger partial charge is 0.398 e. The fraction of sp³-hybridized carbons (Fsp3) is 0.100. The lowest BCUT2D eigenvalue weighted by Gasteiger charge is -2.10. The molecular formula is C20H20N4O2S. The van der Waals surface area contributed by atoms with Gasteiger partial charge in [0.15, 0.2) is 0 Å². The third-order valence-electron chi connectivity index (χ3n) is 4.17. The Morgan fingerprint density at radius 2 is 1.67 bits per heavy atom. The monoisotopic (exact) mass is 380 g/mol. The van der Waals surface area contributed by atoms with Gasteiger partial charge in [0.25, 0.3) is 0 Å². The molecule has 1 aromatic heterocycles. The molecular weight excluding hydrogens is 360 g/mol. The summed E-state index contributed by atoms with van der Waals surface area (Å²) in [6.45, 7) is 1.89. The van der Waals surface area contributed by atoms with Crippen LogP contribution in [-0.4, -0.2) is 19.1 Å². The van der Waals surface area contributed by atoms with Crippen LogP contribution in [0.1, 0.15) is 18.1 Å². The van der Waals surface area contributed by atoms with Crippen molar-refractivity contribution < 1.29 is 8.42 Å². The molecule has 3 rings (SSSR count). The number of nitrogens with two attached hydrogens (primary N) is 1. The van der Waals surface area contributed by atoms with Gasteiger partial charge < -0.3 is 11.1 Å². The summed E-state index contributed by atoms with van der Waals surface area (Å²) in [5, 5.41) is 7.69. The lowest BCUT2D eigenvalue weighted by atomic mass is 10.0. The number of pyridine rings is 1. The Bertz CT molecular complexity index is 1060. The summed E-state index contributed by atoms with van der Waals surface area (Å²) >= 11 is 0. The van der Waals surface area contributed by atoms with Crippen molar-refractivity contribution in [2.45, 2.75) is 18.4 Å². The van der Waals surface area contributed by atoms with Gasteiger partial charge in [-0.3, -0.25) is 4.98 Å². The van der Waals surface area contributed by atoms with E-state index < -0.39 is 10.0 Å². The molecule has 0 spiro atoms. The first-order valence-corrected chi connectivity index (χ1v) is 9.79. The fourth-order valence-electron chi connectivity index (χ4n) is 2.67. The molecule has 0 fully saturated rings. The second-order valence-corrected chi connectivity index (χ2v) is 7.90. The number of nitrogen functional groups attached to an aromatic ring is 1. The lowest BCUT2D eigenvalue weighted by Crippen LogP contribution is -2.23. The van der Waals surface area contributed by atoms with Crippen molar-refractivity contribution in [2.75, 3.05) is 5.73 Å². The molecule has 1 heterocycles. The van der Waals surface area contributed by atoms with Crippen LogP contribution in [0.4, 0.5) is 5.69 Å².